The second-order valence-electron chi connectivity index (χ2n) is 6.11. The molecule has 0 fully saturated rings. The maximum Gasteiger partial charge on any atom is 0.344 e. The maximum atomic E-state index is 14.0. The number of alkyl halides is 2. The van der Waals surface area contributed by atoms with E-state index in [1.165, 1.54) is 20.8 Å². The molecule has 25 heavy (non-hydrogen) atoms. The fraction of sp³-hybridized carbons (Fsp3) is 0.706. The van der Waals surface area contributed by atoms with E-state index in [0.29, 0.717) is 0 Å². The first kappa shape index (κ1) is 23.0. The Bertz CT molecular complexity index is 513. The number of hydrogen-bond donors (Lipinski definition) is 0. The number of carbonyl (C=O) groups excluding carboxylic acids is 3. The lowest BCUT2D eigenvalue weighted by molar-refractivity contribution is -0.177. The average Bonchev–Trinajstić information content (AvgIpc) is 2.55. The number of halogens is 2. The van der Waals surface area contributed by atoms with Crippen molar-refractivity contribution in [2.24, 2.45) is 0 Å². The molecule has 0 spiro atoms. The van der Waals surface area contributed by atoms with Crippen LogP contribution in [-0.4, -0.2) is 48.6 Å². The van der Waals surface area contributed by atoms with E-state index in [4.69, 9.17) is 14.2 Å². The molecule has 6 nitrogen and oxygen atoms in total. The van der Waals surface area contributed by atoms with Crippen LogP contribution in [0, 0.1) is 0 Å². The summed E-state index contributed by atoms with van der Waals surface area (Å²) in [4.78, 5) is 34.9. The molecule has 0 heterocycles. The molecule has 0 aliphatic heterocycles. The van der Waals surface area contributed by atoms with Crippen LogP contribution in [0.4, 0.5) is 8.78 Å². The Balaban J connectivity index is 4.95. The molecular formula is C17H26F2O6. The Morgan fingerprint density at radius 3 is 1.84 bits per heavy atom. The minimum absolute atomic E-state index is 0.105. The van der Waals surface area contributed by atoms with Crippen LogP contribution in [-0.2, 0) is 28.6 Å². The smallest absolute Gasteiger partial charge is 0.344 e. The van der Waals surface area contributed by atoms with Crippen molar-refractivity contribution in [3.63, 3.8) is 0 Å². The molecule has 0 aromatic rings. The van der Waals surface area contributed by atoms with E-state index in [9.17, 15) is 23.2 Å². The quantitative estimate of drug-likeness (QED) is 0.337. The summed E-state index contributed by atoms with van der Waals surface area (Å²) in [6.07, 6.45) is -1.52. The van der Waals surface area contributed by atoms with Crippen molar-refractivity contribution in [3.05, 3.63) is 12.2 Å². The van der Waals surface area contributed by atoms with Crippen molar-refractivity contribution in [2.45, 2.75) is 64.9 Å². The molecule has 144 valence electrons. The first-order chi connectivity index (χ1) is 11.4. The molecule has 0 aliphatic rings. The first-order valence-electron chi connectivity index (χ1n) is 7.96. The van der Waals surface area contributed by atoms with E-state index in [1.54, 1.807) is 0 Å². The monoisotopic (exact) mass is 364 g/mol. The van der Waals surface area contributed by atoms with Gasteiger partial charge in [0.15, 0.2) is 6.10 Å². The minimum atomic E-state index is -2.25. The number of rotatable bonds is 10. The van der Waals surface area contributed by atoms with Gasteiger partial charge in [-0.3, -0.25) is 0 Å². The fourth-order valence-corrected chi connectivity index (χ4v) is 1.29. The summed E-state index contributed by atoms with van der Waals surface area (Å²) in [6.45, 7) is 8.73. The minimum Gasteiger partial charge on any atom is -0.459 e. The van der Waals surface area contributed by atoms with Crippen LogP contribution in [0.25, 0.3) is 0 Å². The van der Waals surface area contributed by atoms with E-state index in [1.807, 2.05) is 0 Å². The van der Waals surface area contributed by atoms with Crippen molar-refractivity contribution in [1.82, 2.24) is 0 Å². The molecule has 0 N–H and O–H groups in total. The molecule has 0 saturated carbocycles. The number of esters is 3. The Hall–Kier alpha value is -1.99. The number of carbonyl (C=O) groups is 3. The van der Waals surface area contributed by atoms with Gasteiger partial charge in [0.05, 0.1) is 0 Å². The molecule has 0 saturated heterocycles. The lowest BCUT2D eigenvalue weighted by atomic mass is 10.1. The Labute approximate surface area is 146 Å². The van der Waals surface area contributed by atoms with Gasteiger partial charge < -0.3 is 14.2 Å². The highest BCUT2D eigenvalue weighted by atomic mass is 19.1. The van der Waals surface area contributed by atoms with Crippen LogP contribution in [0.2, 0.25) is 0 Å². The SMILES string of the molecule is C=C(C)C(=O)OCC(COC(=O)C(C)(F)CC)OC(=O)C(C)(F)CC. The summed E-state index contributed by atoms with van der Waals surface area (Å²) in [5.41, 5.74) is -4.35. The Morgan fingerprint density at radius 2 is 1.40 bits per heavy atom. The number of ether oxygens (including phenoxy) is 3. The second-order valence-corrected chi connectivity index (χ2v) is 6.11. The third-order valence-electron chi connectivity index (χ3n) is 3.60. The molecular weight excluding hydrogens is 338 g/mol. The van der Waals surface area contributed by atoms with Gasteiger partial charge in [0, 0.05) is 5.57 Å². The van der Waals surface area contributed by atoms with Gasteiger partial charge in [-0.15, -0.1) is 0 Å². The zero-order valence-electron chi connectivity index (χ0n) is 15.3. The molecule has 0 bridgehead atoms. The molecule has 3 unspecified atom stereocenters. The van der Waals surface area contributed by atoms with Crippen molar-refractivity contribution in [2.75, 3.05) is 13.2 Å². The van der Waals surface area contributed by atoms with Crippen LogP contribution < -0.4 is 0 Å². The summed E-state index contributed by atoms with van der Waals surface area (Å²) in [6, 6.07) is 0. The van der Waals surface area contributed by atoms with Crippen LogP contribution in [0.3, 0.4) is 0 Å². The van der Waals surface area contributed by atoms with Gasteiger partial charge >= 0.3 is 17.9 Å². The highest BCUT2D eigenvalue weighted by Crippen LogP contribution is 2.19. The van der Waals surface area contributed by atoms with Crippen LogP contribution in [0.5, 0.6) is 0 Å². The summed E-state index contributed by atoms with van der Waals surface area (Å²) >= 11 is 0. The van der Waals surface area contributed by atoms with Crippen LogP contribution in [0.15, 0.2) is 12.2 Å². The van der Waals surface area contributed by atoms with Gasteiger partial charge in [0.2, 0.25) is 11.3 Å². The highest BCUT2D eigenvalue weighted by molar-refractivity contribution is 5.87. The molecule has 8 heteroatoms. The zero-order valence-corrected chi connectivity index (χ0v) is 15.3. The van der Waals surface area contributed by atoms with Gasteiger partial charge in [-0.25, -0.2) is 23.2 Å². The molecule has 0 aromatic heterocycles. The number of hydrogen-bond acceptors (Lipinski definition) is 6. The molecule has 0 aromatic carbocycles. The molecule has 0 rings (SSSR count). The third-order valence-corrected chi connectivity index (χ3v) is 3.60. The van der Waals surface area contributed by atoms with Gasteiger partial charge in [-0.2, -0.15) is 0 Å². The maximum absolute atomic E-state index is 14.0. The van der Waals surface area contributed by atoms with Gasteiger partial charge in [0.1, 0.15) is 13.2 Å². The Kier molecular flexibility index (Phi) is 8.73. The van der Waals surface area contributed by atoms with E-state index in [2.05, 4.69) is 6.58 Å². The lowest BCUT2D eigenvalue weighted by Crippen LogP contribution is -2.40. The average molecular weight is 364 g/mol. The van der Waals surface area contributed by atoms with Crippen LogP contribution >= 0.6 is 0 Å². The predicted molar refractivity (Wildman–Crippen MR) is 86.2 cm³/mol. The first-order valence-corrected chi connectivity index (χ1v) is 7.96. The van der Waals surface area contributed by atoms with Gasteiger partial charge in [-0.05, 0) is 33.6 Å². The summed E-state index contributed by atoms with van der Waals surface area (Å²) in [7, 11) is 0. The van der Waals surface area contributed by atoms with E-state index >= 15 is 0 Å². The lowest BCUT2D eigenvalue weighted by Gasteiger charge is -2.24. The van der Waals surface area contributed by atoms with Crippen molar-refractivity contribution in [1.29, 1.82) is 0 Å². The highest BCUT2D eigenvalue weighted by Gasteiger charge is 2.37. The third kappa shape index (κ3) is 7.62. The van der Waals surface area contributed by atoms with E-state index in [0.717, 1.165) is 13.8 Å². The predicted octanol–water partition coefficient (Wildman–Crippen LogP) is 2.84. The molecule has 0 radical (unpaired) electrons. The molecule has 0 amide bonds. The normalized spacial score (nSPS) is 16.8. The fourth-order valence-electron chi connectivity index (χ4n) is 1.29. The van der Waals surface area contributed by atoms with E-state index < -0.39 is 48.6 Å². The van der Waals surface area contributed by atoms with Crippen molar-refractivity contribution >= 4 is 17.9 Å². The zero-order chi connectivity index (χ0) is 19.8. The van der Waals surface area contributed by atoms with Gasteiger partial charge in [0.25, 0.3) is 0 Å². The van der Waals surface area contributed by atoms with E-state index in [-0.39, 0.29) is 18.4 Å². The van der Waals surface area contributed by atoms with Gasteiger partial charge in [-0.1, -0.05) is 20.4 Å². The topological polar surface area (TPSA) is 78.9 Å². The van der Waals surface area contributed by atoms with Crippen molar-refractivity contribution in [3.8, 4) is 0 Å². The second kappa shape index (κ2) is 9.48. The Morgan fingerprint density at radius 1 is 0.960 bits per heavy atom. The summed E-state index contributed by atoms with van der Waals surface area (Å²) < 4.78 is 42.3. The largest absolute Gasteiger partial charge is 0.459 e. The standard InChI is InChI=1S/C17H26F2O6/c1-7-16(5,18)14(21)24-10-12(9-23-13(20)11(3)4)25-15(22)17(6,19)8-2/h12H,3,7-10H2,1-2,4-6H3. The summed E-state index contributed by atoms with van der Waals surface area (Å²) in [5, 5.41) is 0. The summed E-state index contributed by atoms with van der Waals surface area (Å²) in [5.74, 6) is -3.10. The molecule has 3 atom stereocenters. The van der Waals surface area contributed by atoms with Crippen LogP contribution in [0.1, 0.15) is 47.5 Å². The van der Waals surface area contributed by atoms with Crippen molar-refractivity contribution < 1.29 is 37.4 Å². The molecule has 0 aliphatic carbocycles.